The van der Waals surface area contributed by atoms with E-state index < -0.39 is 0 Å². The first kappa shape index (κ1) is 13.8. The molecule has 1 aromatic carbocycles. The lowest BCUT2D eigenvalue weighted by molar-refractivity contribution is 0.574. The van der Waals surface area contributed by atoms with Crippen molar-refractivity contribution in [2.24, 2.45) is 0 Å². The maximum absolute atomic E-state index is 12.9. The summed E-state index contributed by atoms with van der Waals surface area (Å²) in [7, 11) is 0. The molecule has 108 valence electrons. The molecule has 6 heteroatoms. The number of piperidine rings is 1. The quantitative estimate of drug-likeness (QED) is 0.934. The molecule has 0 amide bonds. The Bertz CT molecular complexity index is 653. The fraction of sp³-hybridized carbons (Fsp3) is 0.333. The summed E-state index contributed by atoms with van der Waals surface area (Å²) in [6.45, 7) is 1.91. The van der Waals surface area contributed by atoms with Crippen LogP contribution in [0.4, 0.5) is 20.9 Å². The third-order valence-electron chi connectivity index (χ3n) is 3.54. The minimum atomic E-state index is -0.278. The average Bonchev–Trinajstić information content (AvgIpc) is 2.93. The van der Waals surface area contributed by atoms with Gasteiger partial charge in [0.05, 0.1) is 0 Å². The van der Waals surface area contributed by atoms with E-state index in [1.54, 1.807) is 12.1 Å². The zero-order valence-electron chi connectivity index (χ0n) is 11.5. The van der Waals surface area contributed by atoms with Crippen LogP contribution >= 0.6 is 11.5 Å². The van der Waals surface area contributed by atoms with E-state index in [4.69, 9.17) is 0 Å². The molecule has 21 heavy (non-hydrogen) atoms. The van der Waals surface area contributed by atoms with Gasteiger partial charge in [-0.3, -0.25) is 0 Å². The second-order valence-corrected chi connectivity index (χ2v) is 5.78. The average molecular weight is 302 g/mol. The molecule has 0 aliphatic carbocycles. The molecule has 1 aliphatic heterocycles. The Morgan fingerprint density at radius 1 is 1.19 bits per heavy atom. The van der Waals surface area contributed by atoms with Crippen LogP contribution in [-0.2, 0) is 0 Å². The van der Waals surface area contributed by atoms with E-state index in [1.807, 2.05) is 0 Å². The molecular weight excluding hydrogens is 287 g/mol. The van der Waals surface area contributed by atoms with Crippen LogP contribution in [0, 0.1) is 17.1 Å². The van der Waals surface area contributed by atoms with Crippen LogP contribution in [0.1, 0.15) is 24.8 Å². The molecule has 1 fully saturated rings. The van der Waals surface area contributed by atoms with Crippen molar-refractivity contribution in [3.63, 3.8) is 0 Å². The third kappa shape index (κ3) is 2.98. The topological polar surface area (TPSA) is 52.0 Å². The molecule has 0 unspecified atom stereocenters. The van der Waals surface area contributed by atoms with Crippen molar-refractivity contribution in [1.82, 2.24) is 4.37 Å². The Hall–Kier alpha value is -2.13. The first-order chi connectivity index (χ1) is 10.3. The van der Waals surface area contributed by atoms with Gasteiger partial charge in [-0.1, -0.05) is 0 Å². The summed E-state index contributed by atoms with van der Waals surface area (Å²) in [5.74, 6) is 0.492. The summed E-state index contributed by atoms with van der Waals surface area (Å²) in [6.07, 6.45) is 3.52. The minimum absolute atomic E-state index is 0.278. The Labute approximate surface area is 127 Å². The number of nitrogens with zero attached hydrogens (tertiary/aromatic N) is 3. The highest BCUT2D eigenvalue weighted by Crippen LogP contribution is 2.34. The smallest absolute Gasteiger partial charge is 0.162 e. The molecule has 0 saturated carbocycles. The van der Waals surface area contributed by atoms with Crippen LogP contribution < -0.4 is 10.2 Å². The fourth-order valence-corrected chi connectivity index (χ4v) is 3.23. The molecule has 0 spiro atoms. The molecule has 1 saturated heterocycles. The van der Waals surface area contributed by atoms with Gasteiger partial charge in [-0.2, -0.15) is 9.64 Å². The van der Waals surface area contributed by atoms with Crippen molar-refractivity contribution in [3.05, 3.63) is 35.6 Å². The van der Waals surface area contributed by atoms with Crippen molar-refractivity contribution in [1.29, 1.82) is 5.26 Å². The van der Waals surface area contributed by atoms with E-state index in [9.17, 15) is 9.65 Å². The fourth-order valence-electron chi connectivity index (χ4n) is 2.45. The van der Waals surface area contributed by atoms with Gasteiger partial charge in [0.15, 0.2) is 5.82 Å². The lowest BCUT2D eigenvalue weighted by Crippen LogP contribution is -2.30. The number of nitrogens with one attached hydrogen (secondary N) is 1. The maximum Gasteiger partial charge on any atom is 0.162 e. The molecule has 2 heterocycles. The maximum atomic E-state index is 12.9. The molecule has 4 nitrogen and oxygen atoms in total. The highest BCUT2D eigenvalue weighted by atomic mass is 32.1. The number of nitriles is 1. The largest absolute Gasteiger partial charge is 0.355 e. The zero-order chi connectivity index (χ0) is 14.7. The zero-order valence-corrected chi connectivity index (χ0v) is 12.3. The monoisotopic (exact) mass is 302 g/mol. The standard InChI is InChI=1S/C15H15FN4S/c16-11-4-6-12(7-5-11)18-15-13(10-17)14(19-21-15)20-8-2-1-3-9-20/h4-7,18H,1-3,8-9H2. The van der Waals surface area contributed by atoms with Crippen molar-refractivity contribution < 1.29 is 4.39 Å². The van der Waals surface area contributed by atoms with E-state index in [0.29, 0.717) is 10.6 Å². The Balaban J connectivity index is 1.84. The van der Waals surface area contributed by atoms with Crippen molar-refractivity contribution in [2.45, 2.75) is 19.3 Å². The minimum Gasteiger partial charge on any atom is -0.355 e. The van der Waals surface area contributed by atoms with Crippen LogP contribution in [-0.4, -0.2) is 17.5 Å². The van der Waals surface area contributed by atoms with Crippen molar-refractivity contribution in [3.8, 4) is 6.07 Å². The van der Waals surface area contributed by atoms with Gasteiger partial charge in [-0.15, -0.1) is 0 Å². The number of hydrogen-bond acceptors (Lipinski definition) is 5. The van der Waals surface area contributed by atoms with E-state index >= 15 is 0 Å². The predicted molar refractivity (Wildman–Crippen MR) is 82.6 cm³/mol. The first-order valence-electron chi connectivity index (χ1n) is 6.95. The SMILES string of the molecule is N#Cc1c(N2CCCCC2)nsc1Nc1ccc(F)cc1. The van der Waals surface area contributed by atoms with Gasteiger partial charge in [0.2, 0.25) is 0 Å². The van der Waals surface area contributed by atoms with E-state index in [0.717, 1.165) is 37.4 Å². The van der Waals surface area contributed by atoms with Crippen molar-refractivity contribution >= 4 is 28.0 Å². The third-order valence-corrected chi connectivity index (χ3v) is 4.30. The normalized spacial score (nSPS) is 14.8. The molecule has 1 aromatic heterocycles. The van der Waals surface area contributed by atoms with Gasteiger partial charge in [0, 0.05) is 18.8 Å². The summed E-state index contributed by atoms with van der Waals surface area (Å²) in [5, 5.41) is 13.3. The lowest BCUT2D eigenvalue weighted by atomic mass is 10.1. The summed E-state index contributed by atoms with van der Waals surface area (Å²) in [5.41, 5.74) is 1.33. The Kier molecular flexibility index (Phi) is 4.02. The first-order valence-corrected chi connectivity index (χ1v) is 7.72. The van der Waals surface area contributed by atoms with Gasteiger partial charge in [0.25, 0.3) is 0 Å². The number of hydrogen-bond donors (Lipinski definition) is 1. The van der Waals surface area contributed by atoms with E-state index in [-0.39, 0.29) is 5.82 Å². The van der Waals surface area contributed by atoms with Crippen LogP contribution in [0.25, 0.3) is 0 Å². The second-order valence-electron chi connectivity index (χ2n) is 5.00. The highest BCUT2D eigenvalue weighted by molar-refractivity contribution is 7.10. The lowest BCUT2D eigenvalue weighted by Gasteiger charge is -2.26. The Morgan fingerprint density at radius 2 is 1.90 bits per heavy atom. The molecule has 0 radical (unpaired) electrons. The summed E-state index contributed by atoms with van der Waals surface area (Å²) in [4.78, 5) is 2.17. The molecule has 2 aromatic rings. The van der Waals surface area contributed by atoms with E-state index in [1.165, 1.54) is 30.1 Å². The van der Waals surface area contributed by atoms with Crippen LogP contribution in [0.3, 0.4) is 0 Å². The molecule has 0 atom stereocenters. The number of rotatable bonds is 3. The number of aromatic nitrogens is 1. The van der Waals surface area contributed by atoms with Crippen LogP contribution in [0.5, 0.6) is 0 Å². The molecule has 0 bridgehead atoms. The molecule has 3 rings (SSSR count). The van der Waals surface area contributed by atoms with Gasteiger partial charge >= 0.3 is 0 Å². The number of anilines is 3. The highest BCUT2D eigenvalue weighted by Gasteiger charge is 2.21. The summed E-state index contributed by atoms with van der Waals surface area (Å²) >= 11 is 1.27. The summed E-state index contributed by atoms with van der Waals surface area (Å²) < 4.78 is 17.4. The van der Waals surface area contributed by atoms with E-state index in [2.05, 4.69) is 20.7 Å². The van der Waals surface area contributed by atoms with Gasteiger partial charge in [-0.25, -0.2) is 4.39 Å². The number of halogens is 1. The van der Waals surface area contributed by atoms with Gasteiger partial charge < -0.3 is 10.2 Å². The Morgan fingerprint density at radius 3 is 2.57 bits per heavy atom. The van der Waals surface area contributed by atoms with Gasteiger partial charge in [-0.05, 0) is 55.1 Å². The molecule has 1 N–H and O–H groups in total. The van der Waals surface area contributed by atoms with Crippen LogP contribution in [0.15, 0.2) is 24.3 Å². The summed E-state index contributed by atoms with van der Waals surface area (Å²) in [6, 6.07) is 8.32. The van der Waals surface area contributed by atoms with Crippen LogP contribution in [0.2, 0.25) is 0 Å². The second kappa shape index (κ2) is 6.10. The van der Waals surface area contributed by atoms with Gasteiger partial charge in [0.1, 0.15) is 22.5 Å². The number of benzene rings is 1. The molecule has 1 aliphatic rings. The van der Waals surface area contributed by atoms with Crippen molar-refractivity contribution in [2.75, 3.05) is 23.3 Å². The predicted octanol–water partition coefficient (Wildman–Crippen LogP) is 3.89. The molecular formula is C15H15FN4S.